The van der Waals surface area contributed by atoms with Crippen LogP contribution in [0.25, 0.3) is 22.2 Å². The lowest BCUT2D eigenvalue weighted by Crippen LogP contribution is -2.01. The number of anilines is 1. The van der Waals surface area contributed by atoms with E-state index in [-0.39, 0.29) is 0 Å². The Morgan fingerprint density at radius 1 is 0.885 bits per heavy atom. The van der Waals surface area contributed by atoms with Crippen molar-refractivity contribution < 1.29 is 0 Å². The molecule has 0 saturated carbocycles. The van der Waals surface area contributed by atoms with Crippen molar-refractivity contribution in [1.82, 2.24) is 9.97 Å². The maximum atomic E-state index is 6.40. The maximum absolute atomic E-state index is 6.40. The van der Waals surface area contributed by atoms with Crippen LogP contribution in [0.3, 0.4) is 0 Å². The van der Waals surface area contributed by atoms with E-state index >= 15 is 0 Å². The van der Waals surface area contributed by atoms with Crippen LogP contribution in [0.1, 0.15) is 11.1 Å². The molecule has 2 heterocycles. The molecule has 26 heavy (non-hydrogen) atoms. The summed E-state index contributed by atoms with van der Waals surface area (Å²) in [7, 11) is 0. The third-order valence-corrected chi connectivity index (χ3v) is 4.59. The van der Waals surface area contributed by atoms with Gasteiger partial charge in [0, 0.05) is 17.5 Å². The normalized spacial score (nSPS) is 10.8. The SMILES string of the molecule is Cc1ccc(-c2cc3nc(NCc4ccccc4)ccc3c(Cl)n2)cc1. The first-order chi connectivity index (χ1) is 12.7. The summed E-state index contributed by atoms with van der Waals surface area (Å²) in [6.45, 7) is 2.79. The zero-order valence-corrected chi connectivity index (χ0v) is 15.2. The molecule has 4 rings (SSSR count). The number of aryl methyl sites for hydroxylation is 1. The molecule has 0 unspecified atom stereocenters. The lowest BCUT2D eigenvalue weighted by molar-refractivity contribution is 1.12. The van der Waals surface area contributed by atoms with E-state index < -0.39 is 0 Å². The first kappa shape index (κ1) is 16.6. The number of fused-ring (bicyclic) bond motifs is 1. The van der Waals surface area contributed by atoms with Gasteiger partial charge in [-0.05, 0) is 30.7 Å². The molecule has 3 nitrogen and oxygen atoms in total. The molecule has 0 fully saturated rings. The summed E-state index contributed by atoms with van der Waals surface area (Å²) in [6.07, 6.45) is 0. The molecule has 0 aliphatic rings. The predicted octanol–water partition coefficient (Wildman–Crippen LogP) is 5.87. The predicted molar refractivity (Wildman–Crippen MR) is 108 cm³/mol. The Morgan fingerprint density at radius 3 is 2.42 bits per heavy atom. The molecule has 4 heteroatoms. The molecule has 0 spiro atoms. The monoisotopic (exact) mass is 359 g/mol. The Morgan fingerprint density at radius 2 is 1.65 bits per heavy atom. The van der Waals surface area contributed by atoms with Crippen LogP contribution in [-0.2, 0) is 6.54 Å². The highest BCUT2D eigenvalue weighted by Crippen LogP contribution is 2.28. The van der Waals surface area contributed by atoms with Gasteiger partial charge in [0.2, 0.25) is 0 Å². The van der Waals surface area contributed by atoms with Crippen molar-refractivity contribution in [3.63, 3.8) is 0 Å². The fraction of sp³-hybridized carbons (Fsp3) is 0.0909. The van der Waals surface area contributed by atoms with Crippen LogP contribution in [0.2, 0.25) is 5.15 Å². The van der Waals surface area contributed by atoms with Gasteiger partial charge in [0.15, 0.2) is 0 Å². The van der Waals surface area contributed by atoms with Crippen molar-refractivity contribution in [2.75, 3.05) is 5.32 Å². The molecule has 0 amide bonds. The number of hydrogen-bond donors (Lipinski definition) is 1. The highest BCUT2D eigenvalue weighted by molar-refractivity contribution is 6.34. The average Bonchev–Trinajstić information content (AvgIpc) is 2.67. The van der Waals surface area contributed by atoms with Gasteiger partial charge in [-0.25, -0.2) is 9.97 Å². The third-order valence-electron chi connectivity index (χ3n) is 4.30. The molecule has 128 valence electrons. The highest BCUT2D eigenvalue weighted by atomic mass is 35.5. The van der Waals surface area contributed by atoms with E-state index in [0.717, 1.165) is 34.5 Å². The summed E-state index contributed by atoms with van der Waals surface area (Å²) in [5.74, 6) is 0.818. The average molecular weight is 360 g/mol. The van der Waals surface area contributed by atoms with Gasteiger partial charge in [0.1, 0.15) is 11.0 Å². The smallest absolute Gasteiger partial charge is 0.139 e. The van der Waals surface area contributed by atoms with Gasteiger partial charge in [0.05, 0.1) is 11.2 Å². The number of benzene rings is 2. The number of hydrogen-bond acceptors (Lipinski definition) is 3. The van der Waals surface area contributed by atoms with Crippen molar-refractivity contribution in [3.8, 4) is 11.3 Å². The topological polar surface area (TPSA) is 37.8 Å². The third kappa shape index (κ3) is 3.53. The van der Waals surface area contributed by atoms with Crippen molar-refractivity contribution in [2.24, 2.45) is 0 Å². The molecule has 1 N–H and O–H groups in total. The van der Waals surface area contributed by atoms with E-state index in [1.54, 1.807) is 0 Å². The van der Waals surface area contributed by atoms with Gasteiger partial charge in [-0.15, -0.1) is 0 Å². The van der Waals surface area contributed by atoms with Crippen LogP contribution in [0, 0.1) is 6.92 Å². The minimum atomic E-state index is 0.472. The van der Waals surface area contributed by atoms with Crippen LogP contribution >= 0.6 is 11.6 Å². The Balaban J connectivity index is 1.66. The van der Waals surface area contributed by atoms with Crippen LogP contribution in [-0.4, -0.2) is 9.97 Å². The zero-order chi connectivity index (χ0) is 17.9. The lowest BCUT2D eigenvalue weighted by atomic mass is 10.1. The summed E-state index contributed by atoms with van der Waals surface area (Å²) in [5, 5.41) is 4.69. The minimum Gasteiger partial charge on any atom is -0.366 e. The summed E-state index contributed by atoms with van der Waals surface area (Å²) in [6, 6.07) is 24.4. The molecule has 0 aliphatic carbocycles. The Bertz CT molecular complexity index is 1040. The second kappa shape index (κ2) is 7.14. The van der Waals surface area contributed by atoms with Crippen molar-refractivity contribution in [2.45, 2.75) is 13.5 Å². The van der Waals surface area contributed by atoms with Crippen LogP contribution in [0.15, 0.2) is 72.8 Å². The van der Waals surface area contributed by atoms with E-state index in [2.05, 4.69) is 53.6 Å². The molecule has 0 aliphatic heterocycles. The van der Waals surface area contributed by atoms with Crippen molar-refractivity contribution in [1.29, 1.82) is 0 Å². The number of aromatic nitrogens is 2. The fourth-order valence-corrected chi connectivity index (χ4v) is 3.10. The Labute approximate surface area is 157 Å². The molecule has 0 bridgehead atoms. The van der Waals surface area contributed by atoms with Gasteiger partial charge >= 0.3 is 0 Å². The minimum absolute atomic E-state index is 0.472. The van der Waals surface area contributed by atoms with Gasteiger partial charge in [-0.1, -0.05) is 71.8 Å². The first-order valence-corrected chi connectivity index (χ1v) is 8.89. The fourth-order valence-electron chi connectivity index (χ4n) is 2.85. The van der Waals surface area contributed by atoms with Gasteiger partial charge in [-0.3, -0.25) is 0 Å². The molecule has 0 saturated heterocycles. The lowest BCUT2D eigenvalue weighted by Gasteiger charge is -2.09. The molecule has 2 aromatic carbocycles. The van der Waals surface area contributed by atoms with E-state index in [1.165, 1.54) is 11.1 Å². The molecular weight excluding hydrogens is 342 g/mol. The standard InChI is InChI=1S/C22H18ClN3/c1-15-7-9-17(10-8-15)19-13-20-18(22(23)26-19)11-12-21(25-20)24-14-16-5-3-2-4-6-16/h2-13H,14H2,1H3,(H,24,25). The van der Waals surface area contributed by atoms with Crippen LogP contribution < -0.4 is 5.32 Å². The highest BCUT2D eigenvalue weighted by Gasteiger charge is 2.08. The Kier molecular flexibility index (Phi) is 4.55. The van der Waals surface area contributed by atoms with Crippen LogP contribution in [0.4, 0.5) is 5.82 Å². The quantitative estimate of drug-likeness (QED) is 0.463. The largest absolute Gasteiger partial charge is 0.366 e. The summed E-state index contributed by atoms with van der Waals surface area (Å²) < 4.78 is 0. The van der Waals surface area contributed by atoms with E-state index in [0.29, 0.717) is 5.15 Å². The molecule has 2 aromatic heterocycles. The number of pyridine rings is 2. The second-order valence-electron chi connectivity index (χ2n) is 6.27. The molecule has 4 aromatic rings. The van der Waals surface area contributed by atoms with E-state index in [4.69, 9.17) is 16.6 Å². The first-order valence-electron chi connectivity index (χ1n) is 8.51. The zero-order valence-electron chi connectivity index (χ0n) is 14.4. The molecule has 0 radical (unpaired) electrons. The Hall–Kier alpha value is -2.91. The van der Waals surface area contributed by atoms with E-state index in [1.807, 2.05) is 36.4 Å². The van der Waals surface area contributed by atoms with Crippen LogP contribution in [0.5, 0.6) is 0 Å². The van der Waals surface area contributed by atoms with Gasteiger partial charge in [-0.2, -0.15) is 0 Å². The van der Waals surface area contributed by atoms with Crippen molar-refractivity contribution >= 4 is 28.3 Å². The summed E-state index contributed by atoms with van der Waals surface area (Å²) in [4.78, 5) is 9.25. The number of nitrogens with one attached hydrogen (secondary N) is 1. The summed E-state index contributed by atoms with van der Waals surface area (Å²) in [5.41, 5.74) is 5.12. The molecule has 0 atom stereocenters. The number of rotatable bonds is 4. The number of halogens is 1. The molecular formula is C22H18ClN3. The van der Waals surface area contributed by atoms with Crippen molar-refractivity contribution in [3.05, 3.63) is 89.1 Å². The summed E-state index contributed by atoms with van der Waals surface area (Å²) >= 11 is 6.40. The number of nitrogens with zero attached hydrogens (tertiary/aromatic N) is 2. The van der Waals surface area contributed by atoms with Gasteiger partial charge < -0.3 is 5.32 Å². The van der Waals surface area contributed by atoms with Gasteiger partial charge in [0.25, 0.3) is 0 Å². The second-order valence-corrected chi connectivity index (χ2v) is 6.62. The maximum Gasteiger partial charge on any atom is 0.139 e. The van der Waals surface area contributed by atoms with E-state index in [9.17, 15) is 0 Å².